The molecule has 146 valence electrons. The van der Waals surface area contributed by atoms with Crippen molar-refractivity contribution in [2.24, 2.45) is 0 Å². The first-order chi connectivity index (χ1) is 13.3. The fraction of sp³-hybridized carbons (Fsp3) is 0.211. The summed E-state index contributed by atoms with van der Waals surface area (Å²) in [6.07, 6.45) is -3.91. The van der Waals surface area contributed by atoms with Crippen molar-refractivity contribution in [2.45, 2.75) is 12.6 Å². The molecule has 1 N–H and O–H groups in total. The van der Waals surface area contributed by atoms with Crippen LogP contribution in [0, 0.1) is 0 Å². The van der Waals surface area contributed by atoms with Gasteiger partial charge in [0.25, 0.3) is 0 Å². The molecule has 0 aliphatic carbocycles. The highest BCUT2D eigenvalue weighted by atomic mass is 35.5. The van der Waals surface area contributed by atoms with Gasteiger partial charge in [-0.2, -0.15) is 18.3 Å². The van der Waals surface area contributed by atoms with Gasteiger partial charge in [0.15, 0.2) is 0 Å². The minimum absolute atomic E-state index is 0.344. The lowest BCUT2D eigenvalue weighted by atomic mass is 10.0. The van der Waals surface area contributed by atoms with Crippen LogP contribution in [0.25, 0.3) is 16.9 Å². The van der Waals surface area contributed by atoms with E-state index in [4.69, 9.17) is 27.9 Å². The minimum Gasteiger partial charge on any atom is -0.494 e. The number of hydrogen-bond acceptors (Lipinski definition) is 3. The average molecular weight is 428 g/mol. The number of nitrogens with zero attached hydrogens (tertiary/aromatic N) is 2. The molecular weight excluding hydrogens is 414 g/mol. The van der Waals surface area contributed by atoms with Gasteiger partial charge in [-0.15, -0.1) is 0 Å². The third kappa shape index (κ3) is 3.18. The van der Waals surface area contributed by atoms with Crippen molar-refractivity contribution in [3.05, 3.63) is 57.6 Å². The van der Waals surface area contributed by atoms with Gasteiger partial charge in [0.2, 0.25) is 0 Å². The Morgan fingerprint density at radius 2 is 1.93 bits per heavy atom. The smallest absolute Gasteiger partial charge is 0.417 e. The highest BCUT2D eigenvalue weighted by Crippen LogP contribution is 2.41. The van der Waals surface area contributed by atoms with Crippen LogP contribution in [0.15, 0.2) is 36.4 Å². The zero-order valence-electron chi connectivity index (χ0n) is 14.6. The predicted octanol–water partition coefficient (Wildman–Crippen LogP) is 5.84. The molecule has 0 saturated carbocycles. The van der Waals surface area contributed by atoms with E-state index in [1.807, 2.05) is 0 Å². The van der Waals surface area contributed by atoms with Crippen LogP contribution < -0.4 is 10.1 Å². The van der Waals surface area contributed by atoms with Crippen LogP contribution in [0.1, 0.15) is 11.1 Å². The summed E-state index contributed by atoms with van der Waals surface area (Å²) in [4.78, 5) is 0. The summed E-state index contributed by atoms with van der Waals surface area (Å²) >= 11 is 11.9. The van der Waals surface area contributed by atoms with E-state index in [1.54, 1.807) is 22.9 Å². The van der Waals surface area contributed by atoms with E-state index in [1.165, 1.54) is 19.2 Å². The van der Waals surface area contributed by atoms with Crippen LogP contribution in [-0.4, -0.2) is 23.4 Å². The second-order valence-corrected chi connectivity index (χ2v) is 7.12. The Morgan fingerprint density at radius 1 is 1.14 bits per heavy atom. The monoisotopic (exact) mass is 427 g/mol. The molecule has 2 heterocycles. The molecule has 0 bridgehead atoms. The molecule has 9 heteroatoms. The molecule has 3 aromatic rings. The van der Waals surface area contributed by atoms with Gasteiger partial charge < -0.3 is 10.1 Å². The number of ether oxygens (including phenoxy) is 1. The van der Waals surface area contributed by atoms with Crippen LogP contribution in [0.5, 0.6) is 5.75 Å². The van der Waals surface area contributed by atoms with Crippen molar-refractivity contribution in [1.82, 2.24) is 9.78 Å². The number of halogens is 5. The first kappa shape index (κ1) is 19.0. The van der Waals surface area contributed by atoms with E-state index < -0.39 is 11.7 Å². The van der Waals surface area contributed by atoms with Gasteiger partial charge in [0.05, 0.1) is 23.4 Å². The Kier molecular flexibility index (Phi) is 4.67. The van der Waals surface area contributed by atoms with Gasteiger partial charge in [-0.05, 0) is 36.8 Å². The number of nitrogens with one attached hydrogen (secondary N) is 1. The Morgan fingerprint density at radius 3 is 2.64 bits per heavy atom. The quantitative estimate of drug-likeness (QED) is 0.570. The van der Waals surface area contributed by atoms with Crippen molar-refractivity contribution in [3.8, 4) is 22.7 Å². The molecule has 0 fully saturated rings. The lowest BCUT2D eigenvalue weighted by Crippen LogP contribution is -2.07. The van der Waals surface area contributed by atoms with E-state index in [2.05, 4.69) is 10.4 Å². The van der Waals surface area contributed by atoms with E-state index in [0.29, 0.717) is 46.5 Å². The number of anilines is 1. The molecule has 2 aromatic carbocycles. The van der Waals surface area contributed by atoms with Gasteiger partial charge in [0, 0.05) is 22.7 Å². The summed E-state index contributed by atoms with van der Waals surface area (Å²) in [6.45, 7) is 0.656. The molecule has 0 atom stereocenters. The van der Waals surface area contributed by atoms with Gasteiger partial charge in [-0.25, -0.2) is 4.68 Å². The molecule has 1 aliphatic rings. The molecule has 0 spiro atoms. The molecule has 28 heavy (non-hydrogen) atoms. The molecule has 0 amide bonds. The Hall–Kier alpha value is -2.38. The molecule has 0 unspecified atom stereocenters. The van der Waals surface area contributed by atoms with Crippen LogP contribution in [0.4, 0.5) is 19.0 Å². The number of alkyl halides is 3. The highest BCUT2D eigenvalue weighted by molar-refractivity contribution is 6.31. The Labute approximate surface area is 168 Å². The normalized spacial score (nSPS) is 13.4. The second-order valence-electron chi connectivity index (χ2n) is 6.27. The largest absolute Gasteiger partial charge is 0.494 e. The average Bonchev–Trinajstić information content (AvgIpc) is 3.24. The first-order valence-electron chi connectivity index (χ1n) is 8.36. The molecule has 1 aliphatic heterocycles. The van der Waals surface area contributed by atoms with Crippen molar-refractivity contribution in [1.29, 1.82) is 0 Å². The van der Waals surface area contributed by atoms with Crippen molar-refractivity contribution < 1.29 is 17.9 Å². The molecular formula is C19H14Cl2F3N3O. The maximum atomic E-state index is 13.3. The highest BCUT2D eigenvalue weighted by Gasteiger charge is 2.34. The zero-order valence-corrected chi connectivity index (χ0v) is 16.1. The topological polar surface area (TPSA) is 39.1 Å². The van der Waals surface area contributed by atoms with Crippen molar-refractivity contribution in [2.75, 3.05) is 19.0 Å². The summed E-state index contributed by atoms with van der Waals surface area (Å²) in [6, 6.07) is 8.91. The van der Waals surface area contributed by atoms with Crippen LogP contribution in [-0.2, 0) is 12.6 Å². The fourth-order valence-corrected chi connectivity index (χ4v) is 3.69. The summed E-state index contributed by atoms with van der Waals surface area (Å²) in [5.41, 5.74) is 1.34. The van der Waals surface area contributed by atoms with E-state index in [-0.39, 0.29) is 5.02 Å². The Bertz CT molecular complexity index is 1060. The minimum atomic E-state index is -4.55. The third-order valence-electron chi connectivity index (χ3n) is 4.57. The molecule has 1 aromatic heterocycles. The SMILES string of the molecule is COc1ccc(Cl)cc1-n1nc(-c2ccc(Cl)c(C(F)(F)F)c2)c2c1NCC2. The lowest BCUT2D eigenvalue weighted by Gasteiger charge is -2.12. The van der Waals surface area contributed by atoms with Crippen molar-refractivity contribution >= 4 is 29.0 Å². The zero-order chi connectivity index (χ0) is 20.1. The number of benzene rings is 2. The van der Waals surface area contributed by atoms with E-state index >= 15 is 0 Å². The van der Waals surface area contributed by atoms with Gasteiger partial charge in [-0.1, -0.05) is 29.3 Å². The van der Waals surface area contributed by atoms with Crippen LogP contribution >= 0.6 is 23.2 Å². The molecule has 4 nitrogen and oxygen atoms in total. The third-order valence-corrected chi connectivity index (χ3v) is 5.13. The van der Waals surface area contributed by atoms with Gasteiger partial charge in [0.1, 0.15) is 17.3 Å². The summed E-state index contributed by atoms with van der Waals surface area (Å²) in [5, 5.41) is 7.96. The summed E-state index contributed by atoms with van der Waals surface area (Å²) < 4.78 is 46.8. The maximum Gasteiger partial charge on any atom is 0.417 e. The lowest BCUT2D eigenvalue weighted by molar-refractivity contribution is -0.137. The molecule has 0 radical (unpaired) electrons. The number of rotatable bonds is 3. The Balaban J connectivity index is 1.91. The second kappa shape index (κ2) is 6.90. The maximum absolute atomic E-state index is 13.3. The van der Waals surface area contributed by atoms with Gasteiger partial charge >= 0.3 is 6.18 Å². The van der Waals surface area contributed by atoms with Crippen LogP contribution in [0.3, 0.4) is 0 Å². The molecule has 4 rings (SSSR count). The number of fused-ring (bicyclic) bond motifs is 1. The molecule has 0 saturated heterocycles. The first-order valence-corrected chi connectivity index (χ1v) is 9.12. The van der Waals surface area contributed by atoms with E-state index in [0.717, 1.165) is 11.6 Å². The van der Waals surface area contributed by atoms with Crippen molar-refractivity contribution in [3.63, 3.8) is 0 Å². The standard InChI is InChI=1S/C19H14Cl2F3N3O/c1-28-16-5-3-11(20)9-15(16)27-18-12(6-7-25-18)17(26-27)10-2-4-14(21)13(8-10)19(22,23)24/h2-5,8-9,25H,6-7H2,1H3. The van der Waals surface area contributed by atoms with Gasteiger partial charge in [-0.3, -0.25) is 0 Å². The number of aromatic nitrogens is 2. The number of hydrogen-bond donors (Lipinski definition) is 1. The summed E-state index contributed by atoms with van der Waals surface area (Å²) in [5.74, 6) is 1.25. The predicted molar refractivity (Wildman–Crippen MR) is 103 cm³/mol. The van der Waals surface area contributed by atoms with E-state index in [9.17, 15) is 13.2 Å². The van der Waals surface area contributed by atoms with Crippen LogP contribution in [0.2, 0.25) is 10.0 Å². The summed E-state index contributed by atoms with van der Waals surface area (Å²) in [7, 11) is 1.53. The fourth-order valence-electron chi connectivity index (χ4n) is 3.30. The number of methoxy groups -OCH3 is 1.